The maximum Gasteiger partial charge on any atom is 0.311 e. The van der Waals surface area contributed by atoms with Crippen molar-refractivity contribution in [2.24, 2.45) is 11.3 Å². The van der Waals surface area contributed by atoms with E-state index in [0.717, 1.165) is 10.9 Å². The Labute approximate surface area is 145 Å². The molecule has 0 radical (unpaired) electrons. The molecule has 1 aliphatic rings. The van der Waals surface area contributed by atoms with Crippen molar-refractivity contribution in [1.29, 1.82) is 0 Å². The highest BCUT2D eigenvalue weighted by molar-refractivity contribution is 6.31. The molecule has 128 valence electrons. The maximum atomic E-state index is 12.9. The van der Waals surface area contributed by atoms with E-state index in [1.54, 1.807) is 23.1 Å². The number of carboxylic acid groups (broad SMARTS) is 1. The first-order chi connectivity index (χ1) is 11.3. The first-order valence-electron chi connectivity index (χ1n) is 7.97. The van der Waals surface area contributed by atoms with Gasteiger partial charge >= 0.3 is 5.97 Å². The van der Waals surface area contributed by atoms with Gasteiger partial charge in [-0.15, -0.1) is 0 Å². The van der Waals surface area contributed by atoms with Gasteiger partial charge in [0.15, 0.2) is 5.76 Å². The molecule has 1 aliphatic heterocycles. The van der Waals surface area contributed by atoms with Crippen LogP contribution in [0.3, 0.4) is 0 Å². The summed E-state index contributed by atoms with van der Waals surface area (Å²) in [6.07, 6.45) is 0.455. The molecule has 1 aromatic heterocycles. The Bertz CT molecular complexity index is 826. The van der Waals surface area contributed by atoms with Gasteiger partial charge in [0.1, 0.15) is 5.58 Å². The van der Waals surface area contributed by atoms with Crippen molar-refractivity contribution in [3.63, 3.8) is 0 Å². The second-order valence-electron chi connectivity index (χ2n) is 6.79. The number of rotatable bonds is 3. The molecule has 1 amide bonds. The molecular weight excluding hydrogens is 330 g/mol. The molecule has 0 bridgehead atoms. The van der Waals surface area contributed by atoms with E-state index in [4.69, 9.17) is 16.0 Å². The van der Waals surface area contributed by atoms with E-state index < -0.39 is 11.4 Å². The molecule has 1 N–H and O–H groups in total. The minimum absolute atomic E-state index is 0.0524. The molecule has 1 aromatic carbocycles. The average molecular weight is 350 g/mol. The number of hydrogen-bond acceptors (Lipinski definition) is 3. The number of carboxylic acids is 1. The first kappa shape index (κ1) is 16.8. The van der Waals surface area contributed by atoms with Crippen molar-refractivity contribution >= 4 is 34.4 Å². The predicted molar refractivity (Wildman–Crippen MR) is 91.4 cm³/mol. The lowest BCUT2D eigenvalue weighted by molar-refractivity contribution is -0.150. The Morgan fingerprint density at radius 1 is 1.38 bits per heavy atom. The molecule has 6 heteroatoms. The van der Waals surface area contributed by atoms with E-state index in [9.17, 15) is 14.7 Å². The van der Waals surface area contributed by atoms with Gasteiger partial charge in [0.05, 0.1) is 5.41 Å². The third-order valence-corrected chi connectivity index (χ3v) is 5.45. The Balaban J connectivity index is 1.93. The lowest BCUT2D eigenvalue weighted by atomic mass is 9.76. The summed E-state index contributed by atoms with van der Waals surface area (Å²) in [5.74, 6) is -0.898. The average Bonchev–Trinajstić information content (AvgIpc) is 3.10. The van der Waals surface area contributed by atoms with Gasteiger partial charge in [0.25, 0.3) is 5.91 Å². The number of hydrogen-bond donors (Lipinski definition) is 1. The van der Waals surface area contributed by atoms with E-state index in [1.165, 1.54) is 0 Å². The monoisotopic (exact) mass is 349 g/mol. The number of halogens is 1. The lowest BCUT2D eigenvalue weighted by Gasteiger charge is -2.28. The van der Waals surface area contributed by atoms with Crippen LogP contribution in [0.15, 0.2) is 22.6 Å². The normalized spacial score (nSPS) is 21.0. The first-order valence-corrected chi connectivity index (χ1v) is 8.35. The number of aliphatic carboxylic acids is 1. The van der Waals surface area contributed by atoms with E-state index in [2.05, 4.69) is 0 Å². The Morgan fingerprint density at radius 2 is 2.08 bits per heavy atom. The van der Waals surface area contributed by atoms with Gasteiger partial charge in [-0.2, -0.15) is 0 Å². The quantitative estimate of drug-likeness (QED) is 0.910. The third kappa shape index (κ3) is 2.47. The van der Waals surface area contributed by atoms with E-state index >= 15 is 0 Å². The Morgan fingerprint density at radius 3 is 2.67 bits per heavy atom. The van der Waals surface area contributed by atoms with Crippen molar-refractivity contribution in [1.82, 2.24) is 4.90 Å². The fraction of sp³-hybridized carbons (Fsp3) is 0.444. The summed E-state index contributed by atoms with van der Waals surface area (Å²) in [5.41, 5.74) is 0.446. The van der Waals surface area contributed by atoms with Crippen LogP contribution >= 0.6 is 11.6 Å². The van der Waals surface area contributed by atoms with Crippen LogP contribution in [0, 0.1) is 18.3 Å². The molecule has 2 aromatic rings. The number of aryl methyl sites for hydroxylation is 1. The number of furan rings is 1. The van der Waals surface area contributed by atoms with Gasteiger partial charge in [0, 0.05) is 29.1 Å². The predicted octanol–water partition coefficient (Wildman–Crippen LogP) is 3.97. The summed E-state index contributed by atoms with van der Waals surface area (Å²) in [4.78, 5) is 26.2. The molecule has 0 aliphatic carbocycles. The number of benzene rings is 1. The van der Waals surface area contributed by atoms with Crippen LogP contribution in [-0.4, -0.2) is 35.0 Å². The minimum atomic E-state index is -0.890. The highest BCUT2D eigenvalue weighted by Crippen LogP contribution is 2.39. The van der Waals surface area contributed by atoms with Crippen molar-refractivity contribution in [2.75, 3.05) is 13.1 Å². The molecule has 2 heterocycles. The van der Waals surface area contributed by atoms with Crippen molar-refractivity contribution in [3.8, 4) is 0 Å². The third-order valence-electron chi connectivity index (χ3n) is 5.21. The van der Waals surface area contributed by atoms with Crippen molar-refractivity contribution < 1.29 is 19.1 Å². The number of likely N-dealkylation sites (tertiary alicyclic amines) is 1. The largest absolute Gasteiger partial charge is 0.481 e. The van der Waals surface area contributed by atoms with Gasteiger partial charge in [-0.25, -0.2) is 0 Å². The summed E-state index contributed by atoms with van der Waals surface area (Å²) >= 11 is 6.01. The zero-order valence-corrected chi connectivity index (χ0v) is 14.7. The van der Waals surface area contributed by atoms with E-state index in [0.29, 0.717) is 23.6 Å². The maximum absolute atomic E-state index is 12.9. The summed E-state index contributed by atoms with van der Waals surface area (Å²) in [5, 5.41) is 11.0. The van der Waals surface area contributed by atoms with Gasteiger partial charge in [-0.1, -0.05) is 25.4 Å². The topological polar surface area (TPSA) is 70.8 Å². The summed E-state index contributed by atoms with van der Waals surface area (Å²) in [7, 11) is 0. The van der Waals surface area contributed by atoms with Crippen LogP contribution in [0.5, 0.6) is 0 Å². The van der Waals surface area contributed by atoms with Gasteiger partial charge < -0.3 is 14.4 Å². The molecule has 1 saturated heterocycles. The molecule has 0 saturated carbocycles. The number of carbonyl (C=O) groups is 2. The Kier molecular flexibility index (Phi) is 4.08. The van der Waals surface area contributed by atoms with E-state index in [-0.39, 0.29) is 24.1 Å². The number of fused-ring (bicyclic) bond motifs is 1. The van der Waals surface area contributed by atoms with Gasteiger partial charge in [0.2, 0.25) is 0 Å². The zero-order chi connectivity index (χ0) is 17.6. The second kappa shape index (κ2) is 5.81. The molecule has 1 atom stereocenters. The van der Waals surface area contributed by atoms with E-state index in [1.807, 2.05) is 20.8 Å². The summed E-state index contributed by atoms with van der Waals surface area (Å²) in [6, 6.07) is 5.22. The van der Waals surface area contributed by atoms with Crippen LogP contribution in [0.25, 0.3) is 11.0 Å². The molecule has 1 unspecified atom stereocenters. The van der Waals surface area contributed by atoms with Crippen LogP contribution in [0.1, 0.15) is 36.4 Å². The molecule has 5 nitrogen and oxygen atoms in total. The SMILES string of the molecule is Cc1c(C(=O)N2CCC(C(=O)O)(C(C)C)C2)oc2ccc(Cl)cc12. The Hall–Kier alpha value is -2.01. The van der Waals surface area contributed by atoms with Gasteiger partial charge in [-0.3, -0.25) is 9.59 Å². The van der Waals surface area contributed by atoms with Crippen molar-refractivity contribution in [2.45, 2.75) is 27.2 Å². The van der Waals surface area contributed by atoms with Crippen LogP contribution in [-0.2, 0) is 4.79 Å². The molecule has 3 rings (SSSR count). The summed E-state index contributed by atoms with van der Waals surface area (Å²) < 4.78 is 5.72. The molecule has 0 spiro atoms. The standard InChI is InChI=1S/C18H20ClNO4/c1-10(2)18(17(22)23)6-7-20(9-18)16(21)15-11(3)13-8-12(19)4-5-14(13)24-15/h4-5,8,10H,6-7,9H2,1-3H3,(H,22,23). The molecule has 24 heavy (non-hydrogen) atoms. The number of nitrogens with zero attached hydrogens (tertiary/aromatic N) is 1. The highest BCUT2D eigenvalue weighted by Gasteiger charge is 2.49. The number of amides is 1. The van der Waals surface area contributed by atoms with Crippen LogP contribution < -0.4 is 0 Å². The van der Waals surface area contributed by atoms with Gasteiger partial charge in [-0.05, 0) is 37.5 Å². The van der Waals surface area contributed by atoms with Crippen LogP contribution in [0.4, 0.5) is 0 Å². The fourth-order valence-corrected chi connectivity index (χ4v) is 3.61. The highest BCUT2D eigenvalue weighted by atomic mass is 35.5. The van der Waals surface area contributed by atoms with Crippen LogP contribution in [0.2, 0.25) is 5.02 Å². The minimum Gasteiger partial charge on any atom is -0.481 e. The van der Waals surface area contributed by atoms with Crippen molar-refractivity contribution in [3.05, 3.63) is 34.5 Å². The fourth-order valence-electron chi connectivity index (χ4n) is 3.44. The second-order valence-corrected chi connectivity index (χ2v) is 7.23. The zero-order valence-electron chi connectivity index (χ0n) is 13.9. The molecular formula is C18H20ClNO4. The smallest absolute Gasteiger partial charge is 0.311 e. The molecule has 1 fully saturated rings. The number of carbonyl (C=O) groups excluding carboxylic acids is 1. The lowest BCUT2D eigenvalue weighted by Crippen LogP contribution is -2.40. The summed E-state index contributed by atoms with van der Waals surface area (Å²) in [6.45, 7) is 6.21.